The molecular weight excluding hydrogens is 308 g/mol. The van der Waals surface area contributed by atoms with Gasteiger partial charge in [0.15, 0.2) is 0 Å². The van der Waals surface area contributed by atoms with Crippen LogP contribution in [-0.2, 0) is 9.59 Å². The van der Waals surface area contributed by atoms with Crippen molar-refractivity contribution in [1.29, 1.82) is 0 Å². The summed E-state index contributed by atoms with van der Waals surface area (Å²) in [5, 5.41) is 14.4. The number of rotatable bonds is 7. The molecule has 0 heterocycles. The molecule has 0 aliphatic heterocycles. The number of carboxylic acids is 1. The Kier molecular flexibility index (Phi) is 6.51. The van der Waals surface area contributed by atoms with Crippen molar-refractivity contribution >= 4 is 23.5 Å². The van der Waals surface area contributed by atoms with E-state index in [0.29, 0.717) is 11.3 Å². The van der Waals surface area contributed by atoms with E-state index in [2.05, 4.69) is 10.6 Å². The van der Waals surface area contributed by atoms with E-state index in [9.17, 15) is 14.4 Å². The van der Waals surface area contributed by atoms with Crippen LogP contribution >= 0.6 is 0 Å². The second kappa shape index (κ2) is 7.95. The SMILES string of the molecule is Cc1ccc(NC(=O)CC(C)(C)CC(=O)O)cc1C(=O)NC(C)C. The molecular formula is C18H26N2O4. The van der Waals surface area contributed by atoms with Crippen LogP contribution in [0.15, 0.2) is 18.2 Å². The van der Waals surface area contributed by atoms with Gasteiger partial charge in [-0.3, -0.25) is 14.4 Å². The van der Waals surface area contributed by atoms with Gasteiger partial charge in [0.25, 0.3) is 5.91 Å². The second-order valence-corrected chi connectivity index (χ2v) is 7.12. The van der Waals surface area contributed by atoms with Gasteiger partial charge in [0.1, 0.15) is 0 Å². The lowest BCUT2D eigenvalue weighted by Gasteiger charge is -2.21. The summed E-state index contributed by atoms with van der Waals surface area (Å²) in [5.41, 5.74) is 1.20. The molecule has 1 aromatic rings. The second-order valence-electron chi connectivity index (χ2n) is 7.12. The van der Waals surface area contributed by atoms with Gasteiger partial charge in [-0.25, -0.2) is 0 Å². The summed E-state index contributed by atoms with van der Waals surface area (Å²) in [6.45, 7) is 9.05. The molecule has 1 rings (SSSR count). The molecule has 0 saturated carbocycles. The molecule has 0 unspecified atom stereocenters. The van der Waals surface area contributed by atoms with Crippen LogP contribution in [0.2, 0.25) is 0 Å². The maximum absolute atomic E-state index is 12.2. The summed E-state index contributed by atoms with van der Waals surface area (Å²) in [6, 6.07) is 5.15. The predicted octanol–water partition coefficient (Wildman–Crippen LogP) is 2.96. The standard InChI is InChI=1S/C18H26N2O4/c1-11(2)19-17(24)14-8-13(7-6-12(14)3)20-15(21)9-18(4,5)10-16(22)23/h6-8,11H,9-10H2,1-5H3,(H,19,24)(H,20,21)(H,22,23). The van der Waals surface area contributed by atoms with E-state index in [1.165, 1.54) is 0 Å². The molecule has 0 bridgehead atoms. The van der Waals surface area contributed by atoms with E-state index >= 15 is 0 Å². The Morgan fingerprint density at radius 3 is 2.33 bits per heavy atom. The van der Waals surface area contributed by atoms with Gasteiger partial charge in [0, 0.05) is 23.7 Å². The van der Waals surface area contributed by atoms with Crippen molar-refractivity contribution in [2.45, 2.75) is 53.5 Å². The topological polar surface area (TPSA) is 95.5 Å². The number of hydrogen-bond donors (Lipinski definition) is 3. The van der Waals surface area contributed by atoms with Crippen LogP contribution in [0.5, 0.6) is 0 Å². The summed E-state index contributed by atoms with van der Waals surface area (Å²) in [4.78, 5) is 35.1. The number of amides is 2. The molecule has 1 aromatic carbocycles. The zero-order valence-corrected chi connectivity index (χ0v) is 14.9. The third-order valence-electron chi connectivity index (χ3n) is 3.45. The van der Waals surface area contributed by atoms with Gasteiger partial charge in [-0.2, -0.15) is 0 Å². The summed E-state index contributed by atoms with van der Waals surface area (Å²) < 4.78 is 0. The summed E-state index contributed by atoms with van der Waals surface area (Å²) in [5.74, 6) is -1.40. The van der Waals surface area contributed by atoms with E-state index in [1.54, 1.807) is 32.0 Å². The number of benzene rings is 1. The molecule has 2 amide bonds. The van der Waals surface area contributed by atoms with Crippen LogP contribution in [0.4, 0.5) is 5.69 Å². The lowest BCUT2D eigenvalue weighted by Crippen LogP contribution is -2.30. The van der Waals surface area contributed by atoms with Crippen LogP contribution < -0.4 is 10.6 Å². The molecule has 0 aliphatic rings. The van der Waals surface area contributed by atoms with Gasteiger partial charge in [-0.1, -0.05) is 19.9 Å². The normalized spacial score (nSPS) is 11.2. The number of anilines is 1. The first-order valence-electron chi connectivity index (χ1n) is 7.93. The molecule has 6 heteroatoms. The Hall–Kier alpha value is -2.37. The van der Waals surface area contributed by atoms with E-state index in [-0.39, 0.29) is 30.7 Å². The number of carboxylic acid groups (broad SMARTS) is 1. The molecule has 0 atom stereocenters. The highest BCUT2D eigenvalue weighted by molar-refractivity contribution is 5.98. The number of carbonyl (C=O) groups is 3. The van der Waals surface area contributed by atoms with Crippen LogP contribution in [-0.4, -0.2) is 28.9 Å². The molecule has 132 valence electrons. The molecule has 24 heavy (non-hydrogen) atoms. The Morgan fingerprint density at radius 2 is 1.79 bits per heavy atom. The van der Waals surface area contributed by atoms with Crippen LogP contribution in [0.3, 0.4) is 0 Å². The van der Waals surface area contributed by atoms with Crippen LogP contribution in [0.25, 0.3) is 0 Å². The highest BCUT2D eigenvalue weighted by atomic mass is 16.4. The lowest BCUT2D eigenvalue weighted by atomic mass is 9.85. The van der Waals surface area contributed by atoms with Crippen molar-refractivity contribution in [3.63, 3.8) is 0 Å². The number of aryl methyl sites for hydroxylation is 1. The summed E-state index contributed by atoms with van der Waals surface area (Å²) in [6.07, 6.45) is -0.00291. The van der Waals surface area contributed by atoms with Crippen molar-refractivity contribution in [3.8, 4) is 0 Å². The molecule has 0 fully saturated rings. The fourth-order valence-corrected chi connectivity index (χ4v) is 2.40. The highest BCUT2D eigenvalue weighted by Gasteiger charge is 2.25. The molecule has 0 radical (unpaired) electrons. The Morgan fingerprint density at radius 1 is 1.17 bits per heavy atom. The molecule has 0 aromatic heterocycles. The minimum absolute atomic E-state index is 0.0203. The maximum Gasteiger partial charge on any atom is 0.303 e. The Labute approximate surface area is 142 Å². The molecule has 6 nitrogen and oxygen atoms in total. The summed E-state index contributed by atoms with van der Waals surface area (Å²) in [7, 11) is 0. The average Bonchev–Trinajstić information content (AvgIpc) is 2.37. The zero-order chi connectivity index (χ0) is 18.5. The van der Waals surface area contributed by atoms with Gasteiger partial charge < -0.3 is 15.7 Å². The fourth-order valence-electron chi connectivity index (χ4n) is 2.40. The molecule has 3 N–H and O–H groups in total. The van der Waals surface area contributed by atoms with Gasteiger partial charge >= 0.3 is 5.97 Å². The first kappa shape index (κ1) is 19.7. The van der Waals surface area contributed by atoms with Crippen LogP contribution in [0, 0.1) is 12.3 Å². The van der Waals surface area contributed by atoms with E-state index in [0.717, 1.165) is 5.56 Å². The van der Waals surface area contributed by atoms with Gasteiger partial charge in [-0.05, 0) is 43.9 Å². The molecule has 0 saturated heterocycles. The number of nitrogens with one attached hydrogen (secondary N) is 2. The van der Waals surface area contributed by atoms with Crippen molar-refractivity contribution < 1.29 is 19.5 Å². The number of hydrogen-bond acceptors (Lipinski definition) is 3. The van der Waals surface area contributed by atoms with Gasteiger partial charge in [0.2, 0.25) is 5.91 Å². The van der Waals surface area contributed by atoms with E-state index in [1.807, 2.05) is 20.8 Å². The largest absolute Gasteiger partial charge is 0.481 e. The monoisotopic (exact) mass is 334 g/mol. The first-order valence-corrected chi connectivity index (χ1v) is 7.93. The molecule has 0 spiro atoms. The quantitative estimate of drug-likeness (QED) is 0.714. The van der Waals surface area contributed by atoms with Crippen LogP contribution in [0.1, 0.15) is 56.5 Å². The minimum atomic E-state index is -0.934. The van der Waals surface area contributed by atoms with E-state index < -0.39 is 11.4 Å². The average molecular weight is 334 g/mol. The summed E-state index contributed by atoms with van der Waals surface area (Å²) >= 11 is 0. The zero-order valence-electron chi connectivity index (χ0n) is 14.9. The smallest absolute Gasteiger partial charge is 0.303 e. The van der Waals surface area contributed by atoms with Crippen molar-refractivity contribution in [2.75, 3.05) is 5.32 Å². The fraction of sp³-hybridized carbons (Fsp3) is 0.500. The number of aliphatic carboxylic acids is 1. The third-order valence-corrected chi connectivity index (χ3v) is 3.45. The van der Waals surface area contributed by atoms with Gasteiger partial charge in [0.05, 0.1) is 6.42 Å². The lowest BCUT2D eigenvalue weighted by molar-refractivity contribution is -0.139. The van der Waals surface area contributed by atoms with Crippen molar-refractivity contribution in [3.05, 3.63) is 29.3 Å². The Balaban J connectivity index is 2.83. The predicted molar refractivity (Wildman–Crippen MR) is 93.1 cm³/mol. The van der Waals surface area contributed by atoms with Gasteiger partial charge in [-0.15, -0.1) is 0 Å². The third kappa shape index (κ3) is 6.40. The Bertz CT molecular complexity index is 636. The minimum Gasteiger partial charge on any atom is -0.481 e. The van der Waals surface area contributed by atoms with Crippen molar-refractivity contribution in [2.24, 2.45) is 5.41 Å². The maximum atomic E-state index is 12.2. The first-order chi connectivity index (χ1) is 11.0. The number of carbonyl (C=O) groups excluding carboxylic acids is 2. The molecule has 0 aliphatic carbocycles. The highest BCUT2D eigenvalue weighted by Crippen LogP contribution is 2.26. The van der Waals surface area contributed by atoms with Crippen molar-refractivity contribution in [1.82, 2.24) is 5.32 Å². The van der Waals surface area contributed by atoms with E-state index in [4.69, 9.17) is 5.11 Å².